The van der Waals surface area contributed by atoms with Crippen molar-refractivity contribution in [2.24, 2.45) is 5.84 Å². The summed E-state index contributed by atoms with van der Waals surface area (Å²) in [7, 11) is 0. The van der Waals surface area contributed by atoms with E-state index in [4.69, 9.17) is 0 Å². The molecule has 0 spiro atoms. The molecule has 11 heavy (non-hydrogen) atoms. The fraction of sp³-hybridized carbons (Fsp3) is 1.00. The largest absolute Gasteiger partial charge is 0.487 e. The van der Waals surface area contributed by atoms with Crippen molar-refractivity contribution in [3.05, 3.63) is 0 Å². The number of nitrogens with zero attached hydrogens (tertiary/aromatic N) is 1. The Morgan fingerprint density at radius 2 is 1.36 bits per heavy atom. The Hall–Kier alpha value is -0.540. The first kappa shape index (κ1) is 10.5. The van der Waals surface area contributed by atoms with Crippen molar-refractivity contribution in [1.82, 2.24) is 10.5 Å². The number of hydrazine groups is 2. The summed E-state index contributed by atoms with van der Waals surface area (Å²) < 4.78 is 67.0. The number of alkyl halides is 6. The summed E-state index contributed by atoms with van der Waals surface area (Å²) in [5.74, 6) is 3.91. The summed E-state index contributed by atoms with van der Waals surface area (Å²) in [4.78, 5) is 0. The number of hydrogen-bond acceptors (Lipinski definition) is 3. The van der Waals surface area contributed by atoms with Crippen LogP contribution in [0.5, 0.6) is 0 Å². The molecule has 0 fully saturated rings. The molecule has 0 aromatic rings. The Morgan fingerprint density at radius 3 is 1.45 bits per heavy atom. The molecule has 68 valence electrons. The normalized spacial score (nSPS) is 14.2. The second-order valence-electron chi connectivity index (χ2n) is 1.45. The standard InChI is InChI=1S/C2H3F6N3/c3-1(4,5)10-11(9)2(6,7)8/h10H,9H2. The molecule has 0 aromatic carbocycles. The first-order valence-corrected chi connectivity index (χ1v) is 2.09. The lowest BCUT2D eigenvalue weighted by molar-refractivity contribution is -0.315. The van der Waals surface area contributed by atoms with Crippen LogP contribution in [0, 0.1) is 0 Å². The molecule has 0 aromatic heterocycles. The quantitative estimate of drug-likeness (QED) is 0.272. The molecule has 0 rings (SSSR count). The molecule has 0 atom stereocenters. The summed E-state index contributed by atoms with van der Waals surface area (Å²) in [5, 5.41) is -1.48. The van der Waals surface area contributed by atoms with Gasteiger partial charge in [-0.25, -0.2) is 5.84 Å². The van der Waals surface area contributed by atoms with Crippen LogP contribution in [-0.2, 0) is 0 Å². The monoisotopic (exact) mass is 183 g/mol. The van der Waals surface area contributed by atoms with Crippen LogP contribution in [0.3, 0.4) is 0 Å². The van der Waals surface area contributed by atoms with E-state index in [0.717, 1.165) is 0 Å². The topological polar surface area (TPSA) is 41.3 Å². The molecule has 0 radical (unpaired) electrons. The molecule has 9 heteroatoms. The highest BCUT2D eigenvalue weighted by Gasteiger charge is 2.42. The van der Waals surface area contributed by atoms with Crippen molar-refractivity contribution in [3.8, 4) is 0 Å². The van der Waals surface area contributed by atoms with Crippen LogP contribution in [0.2, 0.25) is 0 Å². The van der Waals surface area contributed by atoms with Gasteiger partial charge in [0.1, 0.15) is 0 Å². The fourth-order valence-electron chi connectivity index (χ4n) is 0.200. The first-order chi connectivity index (χ1) is 4.63. The zero-order chi connectivity index (χ0) is 9.28. The Bertz CT molecular complexity index is 125. The van der Waals surface area contributed by atoms with Crippen molar-refractivity contribution < 1.29 is 26.3 Å². The lowest BCUT2D eigenvalue weighted by atomic mass is 11.1. The predicted octanol–water partition coefficient (Wildman–Crippen LogP) is 0.706. The maximum Gasteiger partial charge on any atom is 0.487 e. The van der Waals surface area contributed by atoms with E-state index in [-0.39, 0.29) is 5.43 Å². The van der Waals surface area contributed by atoms with E-state index < -0.39 is 17.7 Å². The van der Waals surface area contributed by atoms with E-state index in [1.165, 1.54) is 0 Å². The van der Waals surface area contributed by atoms with Gasteiger partial charge in [-0.3, -0.25) is 0 Å². The molecule has 0 unspecified atom stereocenters. The van der Waals surface area contributed by atoms with Crippen molar-refractivity contribution in [3.63, 3.8) is 0 Å². The lowest BCUT2D eigenvalue weighted by Crippen LogP contribution is -2.57. The third-order valence-corrected chi connectivity index (χ3v) is 0.520. The lowest BCUT2D eigenvalue weighted by Gasteiger charge is -2.20. The average Bonchev–Trinajstić information content (AvgIpc) is 1.56. The van der Waals surface area contributed by atoms with Crippen LogP contribution in [0.25, 0.3) is 0 Å². The predicted molar refractivity (Wildman–Crippen MR) is 21.3 cm³/mol. The summed E-state index contributed by atoms with van der Waals surface area (Å²) in [6, 6.07) is 0. The fourth-order valence-corrected chi connectivity index (χ4v) is 0.200. The minimum absolute atomic E-state index is 0.0451. The second-order valence-corrected chi connectivity index (χ2v) is 1.45. The summed E-state index contributed by atoms with van der Waals surface area (Å²) in [6.07, 6.45) is -10.4. The van der Waals surface area contributed by atoms with E-state index in [0.29, 0.717) is 0 Å². The van der Waals surface area contributed by atoms with E-state index in [1.54, 1.807) is 0 Å². The molecule has 0 aliphatic heterocycles. The van der Waals surface area contributed by atoms with Crippen molar-refractivity contribution in [2.45, 2.75) is 12.6 Å². The van der Waals surface area contributed by atoms with Gasteiger partial charge >= 0.3 is 12.6 Å². The summed E-state index contributed by atoms with van der Waals surface area (Å²) in [6.45, 7) is 0. The van der Waals surface area contributed by atoms with Crippen molar-refractivity contribution in [1.29, 1.82) is 0 Å². The van der Waals surface area contributed by atoms with Gasteiger partial charge in [0.25, 0.3) is 0 Å². The van der Waals surface area contributed by atoms with Crippen LogP contribution in [-0.4, -0.2) is 17.7 Å². The molecule has 0 heterocycles. The Labute approximate surface area is 56.7 Å². The Kier molecular flexibility index (Phi) is 2.69. The molecule has 3 N–H and O–H groups in total. The molecular weight excluding hydrogens is 180 g/mol. The maximum absolute atomic E-state index is 11.2. The minimum atomic E-state index is -5.25. The van der Waals surface area contributed by atoms with Gasteiger partial charge in [-0.1, -0.05) is 5.12 Å². The maximum atomic E-state index is 11.2. The molecule has 3 nitrogen and oxygen atoms in total. The number of nitrogens with one attached hydrogen (secondary N) is 1. The van der Waals surface area contributed by atoms with E-state index in [1.807, 2.05) is 0 Å². The molecule has 0 amide bonds. The van der Waals surface area contributed by atoms with Gasteiger partial charge in [-0.15, -0.1) is 5.43 Å². The highest BCUT2D eigenvalue weighted by atomic mass is 19.4. The number of halogens is 6. The SMILES string of the molecule is NN(NC(F)(F)F)C(F)(F)F. The third kappa shape index (κ3) is 4.81. The Morgan fingerprint density at radius 1 is 1.00 bits per heavy atom. The van der Waals surface area contributed by atoms with Gasteiger partial charge in [0.2, 0.25) is 0 Å². The Balaban J connectivity index is 3.99. The van der Waals surface area contributed by atoms with Crippen LogP contribution in [0.15, 0.2) is 0 Å². The van der Waals surface area contributed by atoms with Crippen molar-refractivity contribution >= 4 is 0 Å². The van der Waals surface area contributed by atoms with Crippen LogP contribution in [0.4, 0.5) is 26.3 Å². The second kappa shape index (κ2) is 2.83. The van der Waals surface area contributed by atoms with Gasteiger partial charge in [0.05, 0.1) is 0 Å². The molecule has 0 saturated heterocycles. The molecule has 0 aliphatic rings. The molecule has 0 saturated carbocycles. The summed E-state index contributed by atoms with van der Waals surface area (Å²) >= 11 is 0. The van der Waals surface area contributed by atoms with E-state index in [9.17, 15) is 26.3 Å². The zero-order valence-electron chi connectivity index (χ0n) is 4.79. The highest BCUT2D eigenvalue weighted by molar-refractivity contribution is 4.46. The van der Waals surface area contributed by atoms with E-state index >= 15 is 0 Å². The minimum Gasteiger partial charge on any atom is -0.247 e. The first-order valence-electron chi connectivity index (χ1n) is 2.09. The van der Waals surface area contributed by atoms with Crippen LogP contribution < -0.4 is 11.3 Å². The molecule has 0 bridgehead atoms. The smallest absolute Gasteiger partial charge is 0.247 e. The van der Waals surface area contributed by atoms with Crippen LogP contribution >= 0.6 is 0 Å². The number of hydrogen-bond donors (Lipinski definition) is 2. The van der Waals surface area contributed by atoms with Gasteiger partial charge < -0.3 is 0 Å². The molecule has 0 aliphatic carbocycles. The van der Waals surface area contributed by atoms with Gasteiger partial charge in [0.15, 0.2) is 0 Å². The van der Waals surface area contributed by atoms with Gasteiger partial charge in [-0.2, -0.15) is 26.3 Å². The molecular formula is C2H3F6N3. The van der Waals surface area contributed by atoms with E-state index in [2.05, 4.69) is 5.84 Å². The number of rotatable bonds is 1. The zero-order valence-corrected chi connectivity index (χ0v) is 4.79. The summed E-state index contributed by atoms with van der Waals surface area (Å²) in [5.41, 5.74) is 0.0451. The average molecular weight is 183 g/mol. The van der Waals surface area contributed by atoms with Gasteiger partial charge in [-0.05, 0) is 0 Å². The van der Waals surface area contributed by atoms with Crippen molar-refractivity contribution in [2.75, 3.05) is 0 Å². The van der Waals surface area contributed by atoms with Gasteiger partial charge in [0, 0.05) is 0 Å². The number of nitrogens with two attached hydrogens (primary N) is 1. The van der Waals surface area contributed by atoms with Crippen LogP contribution in [0.1, 0.15) is 0 Å². The third-order valence-electron chi connectivity index (χ3n) is 0.520. The highest BCUT2D eigenvalue weighted by Crippen LogP contribution is 2.19.